The van der Waals surface area contributed by atoms with Crippen molar-refractivity contribution in [2.24, 2.45) is 0 Å². The monoisotopic (exact) mass is 249 g/mol. The van der Waals surface area contributed by atoms with Gasteiger partial charge in [-0.3, -0.25) is 0 Å². The number of nitrogens with zero attached hydrogens (tertiary/aromatic N) is 1. The predicted octanol–water partition coefficient (Wildman–Crippen LogP) is 1.53. The van der Waals surface area contributed by atoms with Gasteiger partial charge in [-0.25, -0.2) is 4.79 Å². The third kappa shape index (κ3) is 2.94. The topological polar surface area (TPSA) is 59.0 Å². The highest BCUT2D eigenvalue weighted by Gasteiger charge is 2.12. The number of carboxylic acid groups (broad SMARTS) is 1. The fraction of sp³-hybridized carbons (Fsp3) is 0.308. The molecule has 0 amide bonds. The van der Waals surface area contributed by atoms with E-state index in [1.807, 2.05) is 30.1 Å². The molecule has 1 aromatic rings. The second-order valence-corrected chi connectivity index (χ2v) is 3.95. The Morgan fingerprint density at radius 1 is 1.39 bits per heavy atom. The van der Waals surface area contributed by atoms with Crippen LogP contribution in [0.3, 0.4) is 0 Å². The molecule has 0 unspecified atom stereocenters. The molecule has 5 nitrogen and oxygen atoms in total. The van der Waals surface area contributed by atoms with Crippen LogP contribution in [0.1, 0.15) is 0 Å². The molecule has 1 aliphatic rings. The normalized spacial score (nSPS) is 13.6. The maximum absolute atomic E-state index is 10.4. The Bertz CT molecular complexity index is 470. The highest BCUT2D eigenvalue weighted by Crippen LogP contribution is 2.33. The van der Waals surface area contributed by atoms with Crippen molar-refractivity contribution in [1.82, 2.24) is 0 Å². The van der Waals surface area contributed by atoms with Gasteiger partial charge in [0, 0.05) is 31.4 Å². The first kappa shape index (κ1) is 12.3. The summed E-state index contributed by atoms with van der Waals surface area (Å²) in [6.45, 7) is 1.65. The van der Waals surface area contributed by atoms with Crippen molar-refractivity contribution in [2.45, 2.75) is 0 Å². The molecular formula is C13H15NO4. The average Bonchev–Trinajstić information content (AvgIpc) is 2.37. The van der Waals surface area contributed by atoms with Crippen LogP contribution < -0.4 is 14.4 Å². The molecule has 2 rings (SSSR count). The minimum Gasteiger partial charge on any atom is -0.486 e. The molecule has 0 atom stereocenters. The first-order valence-electron chi connectivity index (χ1n) is 5.67. The van der Waals surface area contributed by atoms with Gasteiger partial charge in [-0.15, -0.1) is 0 Å². The maximum Gasteiger partial charge on any atom is 0.328 e. The Kier molecular flexibility index (Phi) is 3.72. The molecule has 0 spiro atoms. The maximum atomic E-state index is 10.4. The van der Waals surface area contributed by atoms with Crippen LogP contribution in [-0.4, -0.2) is 37.9 Å². The minimum absolute atomic E-state index is 0.520. The molecule has 0 saturated heterocycles. The Balaban J connectivity index is 2.06. The second-order valence-electron chi connectivity index (χ2n) is 3.95. The second kappa shape index (κ2) is 5.44. The summed E-state index contributed by atoms with van der Waals surface area (Å²) in [6.07, 6.45) is 2.73. The van der Waals surface area contributed by atoms with E-state index in [-0.39, 0.29) is 0 Å². The SMILES string of the molecule is CN(C/C=C/C(=O)O)c1ccc2c(c1)OCCO2. The van der Waals surface area contributed by atoms with Crippen LogP contribution in [0.5, 0.6) is 11.5 Å². The van der Waals surface area contributed by atoms with Crippen LogP contribution in [-0.2, 0) is 4.79 Å². The molecule has 1 aliphatic heterocycles. The number of aliphatic carboxylic acids is 1. The number of rotatable bonds is 4. The molecular weight excluding hydrogens is 234 g/mol. The summed E-state index contributed by atoms with van der Waals surface area (Å²) in [5.41, 5.74) is 0.953. The van der Waals surface area contributed by atoms with Crippen LogP contribution in [0.15, 0.2) is 30.4 Å². The van der Waals surface area contributed by atoms with E-state index >= 15 is 0 Å². The first-order chi connectivity index (χ1) is 8.66. The molecule has 0 aromatic heterocycles. The third-order valence-corrected chi connectivity index (χ3v) is 2.61. The van der Waals surface area contributed by atoms with E-state index in [0.29, 0.717) is 19.8 Å². The zero-order valence-electron chi connectivity index (χ0n) is 10.1. The van der Waals surface area contributed by atoms with Crippen molar-refractivity contribution in [2.75, 3.05) is 31.7 Å². The lowest BCUT2D eigenvalue weighted by molar-refractivity contribution is -0.131. The number of hydrogen-bond acceptors (Lipinski definition) is 4. The van der Waals surface area contributed by atoms with Gasteiger partial charge >= 0.3 is 5.97 Å². The van der Waals surface area contributed by atoms with Gasteiger partial charge in [0.25, 0.3) is 0 Å². The third-order valence-electron chi connectivity index (χ3n) is 2.61. The largest absolute Gasteiger partial charge is 0.486 e. The molecule has 1 heterocycles. The van der Waals surface area contributed by atoms with E-state index in [0.717, 1.165) is 23.3 Å². The van der Waals surface area contributed by atoms with Gasteiger partial charge in [0.1, 0.15) is 13.2 Å². The lowest BCUT2D eigenvalue weighted by Crippen LogP contribution is -2.19. The average molecular weight is 249 g/mol. The fourth-order valence-electron chi connectivity index (χ4n) is 1.69. The quantitative estimate of drug-likeness (QED) is 0.820. The van der Waals surface area contributed by atoms with Crippen LogP contribution >= 0.6 is 0 Å². The van der Waals surface area contributed by atoms with E-state index < -0.39 is 5.97 Å². The Morgan fingerprint density at radius 3 is 2.83 bits per heavy atom. The molecule has 0 bridgehead atoms. The van der Waals surface area contributed by atoms with Crippen LogP contribution in [0, 0.1) is 0 Å². The number of anilines is 1. The summed E-state index contributed by atoms with van der Waals surface area (Å²) < 4.78 is 10.9. The van der Waals surface area contributed by atoms with Gasteiger partial charge in [0.05, 0.1) is 0 Å². The van der Waals surface area contributed by atoms with Crippen molar-refractivity contribution in [1.29, 1.82) is 0 Å². The summed E-state index contributed by atoms with van der Waals surface area (Å²) in [7, 11) is 1.89. The Hall–Kier alpha value is -2.17. The van der Waals surface area contributed by atoms with Crippen LogP contribution in [0.2, 0.25) is 0 Å². The molecule has 0 saturated carbocycles. The molecule has 96 valence electrons. The predicted molar refractivity (Wildman–Crippen MR) is 67.5 cm³/mol. The van der Waals surface area contributed by atoms with Crippen LogP contribution in [0.25, 0.3) is 0 Å². The van der Waals surface area contributed by atoms with Crippen molar-refractivity contribution >= 4 is 11.7 Å². The zero-order chi connectivity index (χ0) is 13.0. The van der Waals surface area contributed by atoms with Crippen molar-refractivity contribution in [3.63, 3.8) is 0 Å². The fourth-order valence-corrected chi connectivity index (χ4v) is 1.69. The highest BCUT2D eigenvalue weighted by molar-refractivity contribution is 5.79. The van der Waals surface area contributed by atoms with E-state index in [4.69, 9.17) is 14.6 Å². The van der Waals surface area contributed by atoms with Crippen molar-refractivity contribution in [3.8, 4) is 11.5 Å². The Morgan fingerprint density at radius 2 is 2.11 bits per heavy atom. The number of carboxylic acids is 1. The molecule has 1 aromatic carbocycles. The first-order valence-corrected chi connectivity index (χ1v) is 5.67. The summed E-state index contributed by atoms with van der Waals surface area (Å²) in [6, 6.07) is 5.67. The zero-order valence-corrected chi connectivity index (χ0v) is 10.1. The Labute approximate surface area is 105 Å². The number of likely N-dealkylation sites (N-methyl/N-ethyl adjacent to an activating group) is 1. The molecule has 18 heavy (non-hydrogen) atoms. The molecule has 0 fully saturated rings. The number of carbonyl (C=O) groups is 1. The van der Waals surface area contributed by atoms with Gasteiger partial charge in [0.2, 0.25) is 0 Å². The number of ether oxygens (including phenoxy) is 2. The van der Waals surface area contributed by atoms with Gasteiger partial charge in [-0.1, -0.05) is 6.08 Å². The summed E-state index contributed by atoms with van der Waals surface area (Å²) in [4.78, 5) is 12.3. The van der Waals surface area contributed by atoms with E-state index in [9.17, 15) is 4.79 Å². The highest BCUT2D eigenvalue weighted by atomic mass is 16.6. The van der Waals surface area contributed by atoms with Gasteiger partial charge in [-0.05, 0) is 12.1 Å². The summed E-state index contributed by atoms with van der Waals surface area (Å²) in [5.74, 6) is 0.540. The number of benzene rings is 1. The summed E-state index contributed by atoms with van der Waals surface area (Å²) in [5, 5.41) is 8.51. The lowest BCUT2D eigenvalue weighted by Gasteiger charge is -2.22. The van der Waals surface area contributed by atoms with Crippen LogP contribution in [0.4, 0.5) is 5.69 Å². The van der Waals surface area contributed by atoms with E-state index in [1.165, 1.54) is 0 Å². The smallest absolute Gasteiger partial charge is 0.328 e. The number of hydrogen-bond donors (Lipinski definition) is 1. The van der Waals surface area contributed by atoms with Gasteiger partial charge in [0.15, 0.2) is 11.5 Å². The van der Waals surface area contributed by atoms with Gasteiger partial charge < -0.3 is 19.5 Å². The minimum atomic E-state index is -0.939. The lowest BCUT2D eigenvalue weighted by atomic mass is 10.2. The van der Waals surface area contributed by atoms with E-state index in [2.05, 4.69) is 0 Å². The number of fused-ring (bicyclic) bond motifs is 1. The summed E-state index contributed by atoms with van der Waals surface area (Å²) >= 11 is 0. The molecule has 0 radical (unpaired) electrons. The molecule has 0 aliphatic carbocycles. The van der Waals surface area contributed by atoms with Gasteiger partial charge in [-0.2, -0.15) is 0 Å². The van der Waals surface area contributed by atoms with E-state index in [1.54, 1.807) is 6.08 Å². The molecule has 5 heteroatoms. The van der Waals surface area contributed by atoms with Crippen molar-refractivity contribution < 1.29 is 19.4 Å². The standard InChI is InChI=1S/C13H15NO4/c1-14(6-2-3-13(15)16)10-4-5-11-12(9-10)18-8-7-17-11/h2-5,9H,6-8H2,1H3,(H,15,16)/b3-2+. The molecule has 1 N–H and O–H groups in total. The van der Waals surface area contributed by atoms with Crippen molar-refractivity contribution in [3.05, 3.63) is 30.4 Å².